The van der Waals surface area contributed by atoms with Crippen molar-refractivity contribution in [2.45, 2.75) is 24.5 Å². The predicted octanol–water partition coefficient (Wildman–Crippen LogP) is 2.64. The highest BCUT2D eigenvalue weighted by Crippen LogP contribution is 2.37. The molecule has 0 amide bonds. The molecule has 0 saturated heterocycles. The van der Waals surface area contributed by atoms with Gasteiger partial charge in [-0.25, -0.2) is 0 Å². The van der Waals surface area contributed by atoms with Gasteiger partial charge in [0, 0.05) is 5.41 Å². The molecule has 4 heteroatoms. The van der Waals surface area contributed by atoms with Crippen LogP contribution in [0.3, 0.4) is 0 Å². The van der Waals surface area contributed by atoms with E-state index >= 15 is 0 Å². The molecule has 0 heterocycles. The fourth-order valence-electron chi connectivity index (χ4n) is 2.54. The highest BCUT2D eigenvalue weighted by Gasteiger charge is 2.41. The normalized spacial score (nSPS) is 27.4. The molecular weight excluding hydrogens is 248 g/mol. The van der Waals surface area contributed by atoms with Gasteiger partial charge in [-0.15, -0.1) is 0 Å². The average Bonchev–Trinajstić information content (AvgIpc) is 2.28. The van der Waals surface area contributed by atoms with Crippen LogP contribution in [-0.2, 0) is 15.5 Å². The SMILES string of the molecule is Cc1ccccc1C1(C)C=CC=CC1S(=O)(=O)O. The highest BCUT2D eigenvalue weighted by molar-refractivity contribution is 7.86. The standard InChI is InChI=1S/C14H16O3S/c1-11-7-3-4-8-12(11)14(2)10-6-5-9-13(14)18(15,16)17/h3-10,13H,1-2H3,(H,15,16,17). The van der Waals surface area contributed by atoms with Crippen LogP contribution < -0.4 is 0 Å². The molecule has 0 bridgehead atoms. The summed E-state index contributed by atoms with van der Waals surface area (Å²) >= 11 is 0. The molecule has 1 aromatic carbocycles. The molecule has 0 spiro atoms. The molecule has 0 aliphatic heterocycles. The van der Waals surface area contributed by atoms with Gasteiger partial charge in [-0.1, -0.05) is 55.5 Å². The monoisotopic (exact) mass is 264 g/mol. The maximum Gasteiger partial charge on any atom is 0.272 e. The second-order valence-electron chi connectivity index (χ2n) is 4.78. The molecule has 3 nitrogen and oxygen atoms in total. The van der Waals surface area contributed by atoms with E-state index in [-0.39, 0.29) is 0 Å². The van der Waals surface area contributed by atoms with Crippen molar-refractivity contribution in [2.75, 3.05) is 0 Å². The number of hydrogen-bond acceptors (Lipinski definition) is 2. The molecule has 2 unspecified atom stereocenters. The van der Waals surface area contributed by atoms with E-state index in [2.05, 4.69) is 0 Å². The summed E-state index contributed by atoms with van der Waals surface area (Å²) in [7, 11) is -4.14. The molecule has 1 aliphatic carbocycles. The van der Waals surface area contributed by atoms with Crippen LogP contribution in [0.2, 0.25) is 0 Å². The maximum absolute atomic E-state index is 11.6. The lowest BCUT2D eigenvalue weighted by atomic mass is 9.75. The summed E-state index contributed by atoms with van der Waals surface area (Å²) in [6.45, 7) is 3.77. The second-order valence-corrected chi connectivity index (χ2v) is 6.32. The molecule has 96 valence electrons. The van der Waals surface area contributed by atoms with Crippen molar-refractivity contribution >= 4 is 10.1 Å². The van der Waals surface area contributed by atoms with Gasteiger partial charge in [-0.2, -0.15) is 8.42 Å². The summed E-state index contributed by atoms with van der Waals surface area (Å²) in [6.07, 6.45) is 6.82. The molecule has 0 fully saturated rings. The largest absolute Gasteiger partial charge is 0.285 e. The third-order valence-electron chi connectivity index (χ3n) is 3.48. The third-order valence-corrected chi connectivity index (χ3v) is 4.77. The lowest BCUT2D eigenvalue weighted by Gasteiger charge is -2.34. The van der Waals surface area contributed by atoms with Crippen LogP contribution in [0.25, 0.3) is 0 Å². The zero-order valence-electron chi connectivity index (χ0n) is 10.4. The quantitative estimate of drug-likeness (QED) is 0.835. The van der Waals surface area contributed by atoms with Crippen LogP contribution in [0, 0.1) is 6.92 Å². The van der Waals surface area contributed by atoms with Gasteiger partial charge in [0.05, 0.1) is 0 Å². The van der Waals surface area contributed by atoms with Crippen molar-refractivity contribution in [1.82, 2.24) is 0 Å². The Morgan fingerprint density at radius 2 is 1.89 bits per heavy atom. The smallest absolute Gasteiger partial charge is 0.272 e. The zero-order chi connectivity index (χ0) is 13.4. The summed E-state index contributed by atoms with van der Waals surface area (Å²) in [4.78, 5) is 0. The van der Waals surface area contributed by atoms with E-state index in [1.807, 2.05) is 50.3 Å². The maximum atomic E-state index is 11.6. The second kappa shape index (κ2) is 4.37. The zero-order valence-corrected chi connectivity index (χ0v) is 11.2. The van der Waals surface area contributed by atoms with E-state index < -0.39 is 20.8 Å². The number of allylic oxidation sites excluding steroid dienone is 3. The Balaban J connectivity index is 2.62. The van der Waals surface area contributed by atoms with Gasteiger partial charge >= 0.3 is 0 Å². The van der Waals surface area contributed by atoms with Crippen LogP contribution in [-0.4, -0.2) is 18.2 Å². The van der Waals surface area contributed by atoms with Gasteiger partial charge in [-0.3, -0.25) is 4.55 Å². The molecule has 1 aliphatic rings. The van der Waals surface area contributed by atoms with Crippen LogP contribution in [0.1, 0.15) is 18.1 Å². The summed E-state index contributed by atoms with van der Waals surface area (Å²) in [5, 5.41) is -0.948. The molecule has 1 aromatic rings. The fraction of sp³-hybridized carbons (Fsp3) is 0.286. The van der Waals surface area contributed by atoms with Gasteiger partial charge in [0.2, 0.25) is 0 Å². The van der Waals surface area contributed by atoms with E-state index in [0.29, 0.717) is 0 Å². The Bertz CT molecular complexity index is 614. The first kappa shape index (κ1) is 13.1. The lowest BCUT2D eigenvalue weighted by molar-refractivity contribution is 0.449. The van der Waals surface area contributed by atoms with Gasteiger partial charge < -0.3 is 0 Å². The lowest BCUT2D eigenvalue weighted by Crippen LogP contribution is -2.40. The summed E-state index contributed by atoms with van der Waals surface area (Å²) in [5.74, 6) is 0. The predicted molar refractivity (Wildman–Crippen MR) is 72.1 cm³/mol. The minimum Gasteiger partial charge on any atom is -0.285 e. The third kappa shape index (κ3) is 2.13. The topological polar surface area (TPSA) is 54.4 Å². The molecule has 18 heavy (non-hydrogen) atoms. The van der Waals surface area contributed by atoms with Crippen LogP contribution in [0.15, 0.2) is 48.6 Å². The molecule has 0 aromatic heterocycles. The number of rotatable bonds is 2. The first-order valence-corrected chi connectivity index (χ1v) is 7.24. The molecule has 2 atom stereocenters. The van der Waals surface area contributed by atoms with Crippen LogP contribution in [0.5, 0.6) is 0 Å². The molecule has 1 N–H and O–H groups in total. The van der Waals surface area contributed by atoms with Gasteiger partial charge in [0.25, 0.3) is 10.1 Å². The van der Waals surface area contributed by atoms with Crippen LogP contribution >= 0.6 is 0 Å². The minimum absolute atomic E-state index is 0.742. The minimum atomic E-state index is -4.14. The van der Waals surface area contributed by atoms with Crippen molar-refractivity contribution in [3.8, 4) is 0 Å². The van der Waals surface area contributed by atoms with Gasteiger partial charge in [0.1, 0.15) is 5.25 Å². The summed E-state index contributed by atoms with van der Waals surface area (Å²) < 4.78 is 32.5. The number of benzene rings is 1. The van der Waals surface area contributed by atoms with E-state index in [1.165, 1.54) is 6.08 Å². The Kier molecular flexibility index (Phi) is 3.17. The van der Waals surface area contributed by atoms with E-state index in [1.54, 1.807) is 6.08 Å². The van der Waals surface area contributed by atoms with Crippen molar-refractivity contribution in [2.24, 2.45) is 0 Å². The Morgan fingerprint density at radius 3 is 2.50 bits per heavy atom. The highest BCUT2D eigenvalue weighted by atomic mass is 32.2. The average molecular weight is 264 g/mol. The Morgan fingerprint density at radius 1 is 1.22 bits per heavy atom. The van der Waals surface area contributed by atoms with Crippen molar-refractivity contribution in [3.63, 3.8) is 0 Å². The van der Waals surface area contributed by atoms with Crippen molar-refractivity contribution < 1.29 is 13.0 Å². The van der Waals surface area contributed by atoms with E-state index in [0.717, 1.165) is 11.1 Å². The van der Waals surface area contributed by atoms with E-state index in [9.17, 15) is 13.0 Å². The molecule has 0 saturated carbocycles. The van der Waals surface area contributed by atoms with Crippen molar-refractivity contribution in [1.29, 1.82) is 0 Å². The van der Waals surface area contributed by atoms with Gasteiger partial charge in [-0.05, 0) is 18.1 Å². The molecule has 2 rings (SSSR count). The first-order valence-electron chi connectivity index (χ1n) is 5.74. The van der Waals surface area contributed by atoms with Crippen molar-refractivity contribution in [3.05, 3.63) is 59.7 Å². The summed E-state index contributed by atoms with van der Waals surface area (Å²) in [5.41, 5.74) is 1.18. The number of aryl methyl sites for hydroxylation is 1. The van der Waals surface area contributed by atoms with Crippen LogP contribution in [0.4, 0.5) is 0 Å². The van der Waals surface area contributed by atoms with E-state index in [4.69, 9.17) is 0 Å². The molecular formula is C14H16O3S. The van der Waals surface area contributed by atoms with Gasteiger partial charge in [0.15, 0.2) is 0 Å². The fourth-order valence-corrected chi connectivity index (χ4v) is 3.66. The Hall–Kier alpha value is -1.39. The Labute approximate surface area is 108 Å². The molecule has 0 radical (unpaired) electrons. The first-order chi connectivity index (χ1) is 8.36. The number of hydrogen-bond donors (Lipinski definition) is 1. The summed E-state index contributed by atoms with van der Waals surface area (Å²) in [6, 6.07) is 7.62.